The number of fused-ring (bicyclic) bond motifs is 1. The first-order chi connectivity index (χ1) is 14.0. The summed E-state index contributed by atoms with van der Waals surface area (Å²) in [6.07, 6.45) is 0. The predicted molar refractivity (Wildman–Crippen MR) is 103 cm³/mol. The van der Waals surface area contributed by atoms with Crippen LogP contribution in [0.2, 0.25) is 0 Å². The standard InChI is InChI=1S/C21H18FN3O4/c1-13(21(27)23-11-14-2-5-16(22)6-3-14)25-20(26)9-7-17(24-25)15-4-8-18-19(10-15)29-12-28-18/h2-10,13H,11-12H2,1H3,(H,23,27). The zero-order valence-electron chi connectivity index (χ0n) is 15.6. The summed E-state index contributed by atoms with van der Waals surface area (Å²) < 4.78 is 24.8. The Morgan fingerprint density at radius 2 is 1.90 bits per heavy atom. The van der Waals surface area contributed by atoms with Crippen molar-refractivity contribution in [1.29, 1.82) is 0 Å². The van der Waals surface area contributed by atoms with Crippen molar-refractivity contribution in [1.82, 2.24) is 15.1 Å². The number of hydrogen-bond donors (Lipinski definition) is 1. The van der Waals surface area contributed by atoms with Gasteiger partial charge in [0, 0.05) is 18.2 Å². The van der Waals surface area contributed by atoms with Crippen LogP contribution in [0.25, 0.3) is 11.3 Å². The molecule has 1 atom stereocenters. The van der Waals surface area contributed by atoms with Gasteiger partial charge in [0.05, 0.1) is 5.69 Å². The fraction of sp³-hybridized carbons (Fsp3) is 0.190. The van der Waals surface area contributed by atoms with Gasteiger partial charge in [0.2, 0.25) is 12.7 Å². The van der Waals surface area contributed by atoms with E-state index in [0.29, 0.717) is 17.2 Å². The Morgan fingerprint density at radius 3 is 2.69 bits per heavy atom. The van der Waals surface area contributed by atoms with E-state index >= 15 is 0 Å². The molecule has 2 heterocycles. The molecule has 0 spiro atoms. The Kier molecular flexibility index (Phi) is 4.99. The second-order valence-corrected chi connectivity index (χ2v) is 6.59. The molecule has 3 aromatic rings. The van der Waals surface area contributed by atoms with Crippen molar-refractivity contribution in [3.05, 3.63) is 76.3 Å². The summed E-state index contributed by atoms with van der Waals surface area (Å²) in [5.74, 6) is 0.541. The highest BCUT2D eigenvalue weighted by atomic mass is 19.1. The normalized spacial score (nSPS) is 13.2. The van der Waals surface area contributed by atoms with Gasteiger partial charge in [-0.3, -0.25) is 9.59 Å². The third-order valence-corrected chi connectivity index (χ3v) is 4.62. The van der Waals surface area contributed by atoms with Crippen LogP contribution in [0.4, 0.5) is 4.39 Å². The van der Waals surface area contributed by atoms with Crippen LogP contribution in [-0.2, 0) is 11.3 Å². The molecule has 0 saturated heterocycles. The number of halogens is 1. The van der Waals surface area contributed by atoms with Gasteiger partial charge < -0.3 is 14.8 Å². The van der Waals surface area contributed by atoms with Crippen molar-refractivity contribution < 1.29 is 18.7 Å². The molecule has 2 aromatic carbocycles. The average Bonchev–Trinajstić information content (AvgIpc) is 3.21. The van der Waals surface area contributed by atoms with E-state index in [0.717, 1.165) is 15.8 Å². The topological polar surface area (TPSA) is 82.5 Å². The van der Waals surface area contributed by atoms with Gasteiger partial charge in [-0.25, -0.2) is 9.07 Å². The molecule has 0 bridgehead atoms. The summed E-state index contributed by atoms with van der Waals surface area (Å²) in [7, 11) is 0. The minimum Gasteiger partial charge on any atom is -0.454 e. The zero-order valence-corrected chi connectivity index (χ0v) is 15.6. The number of nitrogens with zero attached hydrogens (tertiary/aromatic N) is 2. The Balaban J connectivity index is 1.52. The van der Waals surface area contributed by atoms with Gasteiger partial charge in [-0.15, -0.1) is 0 Å². The zero-order chi connectivity index (χ0) is 20.4. The smallest absolute Gasteiger partial charge is 0.267 e. The van der Waals surface area contributed by atoms with Crippen LogP contribution in [0, 0.1) is 5.82 Å². The van der Waals surface area contributed by atoms with E-state index in [-0.39, 0.29) is 30.6 Å². The lowest BCUT2D eigenvalue weighted by Gasteiger charge is -2.15. The summed E-state index contributed by atoms with van der Waals surface area (Å²) in [5, 5.41) is 7.09. The van der Waals surface area contributed by atoms with Crippen LogP contribution in [0.3, 0.4) is 0 Å². The number of benzene rings is 2. The minimum absolute atomic E-state index is 0.164. The maximum Gasteiger partial charge on any atom is 0.267 e. The number of hydrogen-bond acceptors (Lipinski definition) is 5. The van der Waals surface area contributed by atoms with Crippen molar-refractivity contribution >= 4 is 5.91 Å². The molecule has 29 heavy (non-hydrogen) atoms. The van der Waals surface area contributed by atoms with Gasteiger partial charge in [-0.2, -0.15) is 5.10 Å². The molecule has 1 amide bonds. The summed E-state index contributed by atoms with van der Waals surface area (Å²) in [5.41, 5.74) is 1.63. The molecule has 1 N–H and O–H groups in total. The molecular formula is C21H18FN3O4. The van der Waals surface area contributed by atoms with Gasteiger partial charge in [0.15, 0.2) is 11.5 Å². The second kappa shape index (κ2) is 7.75. The lowest BCUT2D eigenvalue weighted by molar-refractivity contribution is -0.124. The van der Waals surface area contributed by atoms with E-state index in [1.807, 2.05) is 6.07 Å². The number of nitrogens with one attached hydrogen (secondary N) is 1. The van der Waals surface area contributed by atoms with Crippen molar-refractivity contribution in [2.45, 2.75) is 19.5 Å². The van der Waals surface area contributed by atoms with E-state index in [2.05, 4.69) is 10.4 Å². The molecule has 1 unspecified atom stereocenters. The number of rotatable bonds is 5. The van der Waals surface area contributed by atoms with Crippen LogP contribution < -0.4 is 20.3 Å². The van der Waals surface area contributed by atoms with Crippen LogP contribution in [0.15, 0.2) is 59.4 Å². The van der Waals surface area contributed by atoms with Gasteiger partial charge in [-0.1, -0.05) is 12.1 Å². The first kappa shape index (κ1) is 18.7. The Morgan fingerprint density at radius 1 is 1.14 bits per heavy atom. The summed E-state index contributed by atoms with van der Waals surface area (Å²) >= 11 is 0. The SMILES string of the molecule is CC(C(=O)NCc1ccc(F)cc1)n1nc(-c2ccc3c(c2)OCO3)ccc1=O. The van der Waals surface area contributed by atoms with E-state index in [4.69, 9.17) is 9.47 Å². The summed E-state index contributed by atoms with van der Waals surface area (Å²) in [6.45, 7) is 1.98. The highest BCUT2D eigenvalue weighted by Crippen LogP contribution is 2.35. The molecule has 148 valence electrons. The van der Waals surface area contributed by atoms with Gasteiger partial charge in [-0.05, 0) is 48.9 Å². The van der Waals surface area contributed by atoms with Crippen molar-refractivity contribution in [3.8, 4) is 22.8 Å². The first-order valence-corrected chi connectivity index (χ1v) is 9.03. The lowest BCUT2D eigenvalue weighted by Crippen LogP contribution is -2.36. The number of carbonyl (C=O) groups is 1. The quantitative estimate of drug-likeness (QED) is 0.718. The predicted octanol–water partition coefficient (Wildman–Crippen LogP) is 2.66. The van der Waals surface area contributed by atoms with Gasteiger partial charge in [0.1, 0.15) is 11.9 Å². The number of aromatic nitrogens is 2. The third kappa shape index (κ3) is 3.96. The fourth-order valence-electron chi connectivity index (χ4n) is 2.96. The molecule has 1 aliphatic heterocycles. The van der Waals surface area contributed by atoms with Crippen LogP contribution in [0.1, 0.15) is 18.5 Å². The van der Waals surface area contributed by atoms with E-state index in [1.54, 1.807) is 37.3 Å². The Hall–Kier alpha value is -3.68. The van der Waals surface area contributed by atoms with Gasteiger partial charge >= 0.3 is 0 Å². The van der Waals surface area contributed by atoms with Crippen molar-refractivity contribution in [2.24, 2.45) is 0 Å². The first-order valence-electron chi connectivity index (χ1n) is 9.03. The molecule has 0 saturated carbocycles. The monoisotopic (exact) mass is 395 g/mol. The maximum absolute atomic E-state index is 13.0. The second-order valence-electron chi connectivity index (χ2n) is 6.59. The molecule has 4 rings (SSSR count). The largest absolute Gasteiger partial charge is 0.454 e. The summed E-state index contributed by atoms with van der Waals surface area (Å²) in [4.78, 5) is 24.8. The Labute approximate surface area is 165 Å². The van der Waals surface area contributed by atoms with E-state index in [1.165, 1.54) is 18.2 Å². The van der Waals surface area contributed by atoms with Crippen LogP contribution >= 0.6 is 0 Å². The van der Waals surface area contributed by atoms with Crippen LogP contribution in [0.5, 0.6) is 11.5 Å². The lowest BCUT2D eigenvalue weighted by atomic mass is 10.1. The highest BCUT2D eigenvalue weighted by molar-refractivity contribution is 5.79. The molecule has 1 aromatic heterocycles. The molecule has 0 radical (unpaired) electrons. The Bertz CT molecular complexity index is 1110. The molecule has 0 aliphatic carbocycles. The molecule has 7 nitrogen and oxygen atoms in total. The molecular weight excluding hydrogens is 377 g/mol. The van der Waals surface area contributed by atoms with E-state index in [9.17, 15) is 14.0 Å². The van der Waals surface area contributed by atoms with Gasteiger partial charge in [0.25, 0.3) is 5.56 Å². The fourth-order valence-corrected chi connectivity index (χ4v) is 2.96. The highest BCUT2D eigenvalue weighted by Gasteiger charge is 2.19. The van der Waals surface area contributed by atoms with Crippen molar-refractivity contribution in [3.63, 3.8) is 0 Å². The molecule has 0 fully saturated rings. The van der Waals surface area contributed by atoms with Crippen LogP contribution in [-0.4, -0.2) is 22.5 Å². The average molecular weight is 395 g/mol. The minimum atomic E-state index is -0.822. The van der Waals surface area contributed by atoms with E-state index < -0.39 is 6.04 Å². The van der Waals surface area contributed by atoms with Crippen molar-refractivity contribution in [2.75, 3.05) is 6.79 Å². The summed E-state index contributed by atoms with van der Waals surface area (Å²) in [6, 6.07) is 13.3. The number of ether oxygens (including phenoxy) is 2. The number of amides is 1. The third-order valence-electron chi connectivity index (χ3n) is 4.62. The molecule has 1 aliphatic rings. The number of carbonyl (C=O) groups excluding carboxylic acids is 1. The molecule has 8 heteroatoms. The maximum atomic E-state index is 13.0.